The van der Waals surface area contributed by atoms with Crippen molar-refractivity contribution in [1.29, 1.82) is 0 Å². The minimum absolute atomic E-state index is 0.0827. The smallest absolute Gasteiger partial charge is 0.263 e. The molecule has 21 heavy (non-hydrogen) atoms. The van der Waals surface area contributed by atoms with Gasteiger partial charge in [-0.15, -0.1) is 0 Å². The summed E-state index contributed by atoms with van der Waals surface area (Å²) in [5.74, 6) is 2.02. The van der Waals surface area contributed by atoms with Crippen LogP contribution in [-0.2, 0) is 4.79 Å². The van der Waals surface area contributed by atoms with Gasteiger partial charge in [-0.2, -0.15) is 0 Å². The van der Waals surface area contributed by atoms with Gasteiger partial charge in [-0.05, 0) is 55.9 Å². The molecule has 0 spiro atoms. The first kappa shape index (κ1) is 14.5. The van der Waals surface area contributed by atoms with E-state index in [1.807, 2.05) is 11.8 Å². The Hall–Kier alpha value is -1.48. The molecule has 112 valence electrons. The number of rotatable bonds is 3. The molecule has 0 radical (unpaired) electrons. The van der Waals surface area contributed by atoms with Gasteiger partial charge in [0.25, 0.3) is 5.91 Å². The summed E-state index contributed by atoms with van der Waals surface area (Å²) >= 11 is 5.85. The molecular weight excluding hydrogens is 286 g/mol. The highest BCUT2D eigenvalue weighted by Crippen LogP contribution is 2.33. The number of fused-ring (bicyclic) bond motifs is 1. The number of amides is 1. The van der Waals surface area contributed by atoms with Crippen molar-refractivity contribution >= 4 is 17.5 Å². The van der Waals surface area contributed by atoms with Crippen molar-refractivity contribution in [3.8, 4) is 5.75 Å². The summed E-state index contributed by atoms with van der Waals surface area (Å²) in [5.41, 5.74) is 0. The quantitative estimate of drug-likeness (QED) is 0.800. The summed E-state index contributed by atoms with van der Waals surface area (Å²) in [4.78, 5) is 14.5. The van der Waals surface area contributed by atoms with Gasteiger partial charge in [-0.25, -0.2) is 0 Å². The van der Waals surface area contributed by atoms with Gasteiger partial charge in [0, 0.05) is 18.1 Å². The monoisotopic (exact) mass is 305 g/mol. The second-order valence-electron chi connectivity index (χ2n) is 5.92. The molecule has 1 aromatic rings. The van der Waals surface area contributed by atoms with Crippen LogP contribution in [0.25, 0.3) is 0 Å². The van der Waals surface area contributed by atoms with E-state index in [2.05, 4.69) is 12.2 Å². The van der Waals surface area contributed by atoms with Crippen molar-refractivity contribution in [3.63, 3.8) is 0 Å². The second-order valence-corrected chi connectivity index (χ2v) is 6.36. The van der Waals surface area contributed by atoms with E-state index >= 15 is 0 Å². The second kappa shape index (κ2) is 6.10. The predicted octanol–water partition coefficient (Wildman–Crippen LogP) is 3.53. The Labute approximate surface area is 130 Å². The highest BCUT2D eigenvalue weighted by atomic mass is 35.5. The van der Waals surface area contributed by atoms with E-state index in [-0.39, 0.29) is 5.91 Å². The lowest BCUT2D eigenvalue weighted by atomic mass is 9.86. The van der Waals surface area contributed by atoms with Gasteiger partial charge >= 0.3 is 0 Å². The molecule has 0 N–H and O–H groups in total. The third-order valence-corrected chi connectivity index (χ3v) is 4.66. The van der Waals surface area contributed by atoms with E-state index < -0.39 is 6.10 Å². The van der Waals surface area contributed by atoms with Crippen LogP contribution in [0, 0.1) is 11.8 Å². The first-order chi connectivity index (χ1) is 10.1. The maximum atomic E-state index is 12.5. The van der Waals surface area contributed by atoms with Crippen LogP contribution in [0.1, 0.15) is 19.8 Å². The van der Waals surface area contributed by atoms with Crippen LogP contribution in [-0.4, -0.2) is 30.0 Å². The number of carbonyl (C=O) groups excluding carboxylic acids is 1. The molecule has 1 aliphatic heterocycles. The molecule has 3 nitrogen and oxygen atoms in total. The third kappa shape index (κ3) is 3.24. The summed E-state index contributed by atoms with van der Waals surface area (Å²) in [6, 6.07) is 7.12. The van der Waals surface area contributed by atoms with Crippen LogP contribution in [0.3, 0.4) is 0 Å². The Bertz CT molecular complexity index is 524. The number of carbonyl (C=O) groups is 1. The highest BCUT2D eigenvalue weighted by Gasteiger charge is 2.36. The van der Waals surface area contributed by atoms with E-state index in [9.17, 15) is 4.79 Å². The van der Waals surface area contributed by atoms with Crippen molar-refractivity contribution in [3.05, 3.63) is 41.4 Å². The lowest BCUT2D eigenvalue weighted by molar-refractivity contribution is -0.137. The number of hydrogen-bond acceptors (Lipinski definition) is 2. The van der Waals surface area contributed by atoms with Crippen molar-refractivity contribution in [1.82, 2.24) is 4.90 Å². The molecule has 3 atom stereocenters. The minimum atomic E-state index is -0.459. The van der Waals surface area contributed by atoms with Crippen LogP contribution in [0.5, 0.6) is 5.75 Å². The predicted molar refractivity (Wildman–Crippen MR) is 83.5 cm³/mol. The van der Waals surface area contributed by atoms with Gasteiger partial charge in [0.15, 0.2) is 6.10 Å². The van der Waals surface area contributed by atoms with Gasteiger partial charge in [0.05, 0.1) is 0 Å². The summed E-state index contributed by atoms with van der Waals surface area (Å²) in [7, 11) is 0. The molecule has 3 rings (SSSR count). The largest absolute Gasteiger partial charge is 0.481 e. The number of allylic oxidation sites excluding steroid dienone is 2. The summed E-state index contributed by atoms with van der Waals surface area (Å²) in [6.45, 7) is 3.54. The Balaban J connectivity index is 1.59. The summed E-state index contributed by atoms with van der Waals surface area (Å²) in [6.07, 6.45) is 6.21. The lowest BCUT2D eigenvalue weighted by Gasteiger charge is -2.21. The molecule has 0 bridgehead atoms. The Morgan fingerprint density at radius 3 is 2.33 bits per heavy atom. The zero-order chi connectivity index (χ0) is 14.8. The standard InChI is InChI=1S/C17H20ClNO2/c1-12(21-16-8-6-15(18)7-9-16)17(20)19-10-13-4-2-3-5-14(13)11-19/h2-3,6-9,12-14H,4-5,10-11H2,1H3. The fraction of sp³-hybridized carbons (Fsp3) is 0.471. The topological polar surface area (TPSA) is 29.5 Å². The van der Waals surface area contributed by atoms with Crippen LogP contribution in [0.4, 0.5) is 0 Å². The number of benzene rings is 1. The maximum Gasteiger partial charge on any atom is 0.263 e. The van der Waals surface area contributed by atoms with Crippen molar-refractivity contribution in [2.75, 3.05) is 13.1 Å². The Morgan fingerprint density at radius 2 is 1.76 bits per heavy atom. The fourth-order valence-corrected chi connectivity index (χ4v) is 3.35. The zero-order valence-corrected chi connectivity index (χ0v) is 12.9. The number of hydrogen-bond donors (Lipinski definition) is 0. The van der Waals surface area contributed by atoms with Crippen molar-refractivity contribution in [2.24, 2.45) is 11.8 Å². The van der Waals surface area contributed by atoms with Gasteiger partial charge < -0.3 is 9.64 Å². The lowest BCUT2D eigenvalue weighted by Crippen LogP contribution is -2.39. The molecule has 1 fully saturated rings. The average Bonchev–Trinajstić information content (AvgIpc) is 2.92. The molecule has 1 saturated heterocycles. The summed E-state index contributed by atoms with van der Waals surface area (Å²) in [5, 5.41) is 0.664. The van der Waals surface area contributed by atoms with E-state index in [1.165, 1.54) is 0 Å². The fourth-order valence-electron chi connectivity index (χ4n) is 3.22. The molecule has 1 heterocycles. The Morgan fingerprint density at radius 1 is 1.19 bits per heavy atom. The van der Waals surface area contributed by atoms with Gasteiger partial charge in [-0.3, -0.25) is 4.79 Å². The minimum Gasteiger partial charge on any atom is -0.481 e. The first-order valence-electron chi connectivity index (χ1n) is 7.49. The SMILES string of the molecule is CC(Oc1ccc(Cl)cc1)C(=O)N1CC2CC=CCC2C1. The number of likely N-dealkylation sites (tertiary alicyclic amines) is 1. The molecule has 4 heteroatoms. The summed E-state index contributed by atoms with van der Waals surface area (Å²) < 4.78 is 5.73. The van der Waals surface area contributed by atoms with Crippen LogP contribution >= 0.6 is 11.6 Å². The highest BCUT2D eigenvalue weighted by molar-refractivity contribution is 6.30. The van der Waals surface area contributed by atoms with E-state index in [0.29, 0.717) is 22.6 Å². The first-order valence-corrected chi connectivity index (χ1v) is 7.87. The number of halogens is 1. The average molecular weight is 306 g/mol. The Kier molecular flexibility index (Phi) is 4.20. The van der Waals surface area contributed by atoms with E-state index in [0.717, 1.165) is 25.9 Å². The number of nitrogens with zero attached hydrogens (tertiary/aromatic N) is 1. The number of ether oxygens (including phenoxy) is 1. The van der Waals surface area contributed by atoms with Crippen molar-refractivity contribution in [2.45, 2.75) is 25.9 Å². The third-order valence-electron chi connectivity index (χ3n) is 4.41. The molecular formula is C17H20ClNO2. The molecule has 2 aliphatic rings. The molecule has 1 amide bonds. The zero-order valence-electron chi connectivity index (χ0n) is 12.2. The molecule has 0 saturated carbocycles. The van der Waals surface area contributed by atoms with Gasteiger partial charge in [-0.1, -0.05) is 23.8 Å². The maximum absolute atomic E-state index is 12.5. The molecule has 0 aromatic heterocycles. The van der Waals surface area contributed by atoms with Gasteiger partial charge in [0.2, 0.25) is 0 Å². The molecule has 1 aliphatic carbocycles. The van der Waals surface area contributed by atoms with Crippen LogP contribution in [0.2, 0.25) is 5.02 Å². The van der Waals surface area contributed by atoms with E-state index in [4.69, 9.17) is 16.3 Å². The van der Waals surface area contributed by atoms with Gasteiger partial charge in [0.1, 0.15) is 5.75 Å². The molecule has 3 unspecified atom stereocenters. The van der Waals surface area contributed by atoms with E-state index in [1.54, 1.807) is 24.3 Å². The van der Waals surface area contributed by atoms with Crippen LogP contribution < -0.4 is 4.74 Å². The normalized spacial score (nSPS) is 25.5. The molecule has 1 aromatic carbocycles. The van der Waals surface area contributed by atoms with Crippen molar-refractivity contribution < 1.29 is 9.53 Å². The van der Waals surface area contributed by atoms with Crippen LogP contribution in [0.15, 0.2) is 36.4 Å².